The Morgan fingerprint density at radius 3 is 2.67 bits per heavy atom. The molecule has 0 amide bonds. The largest absolute Gasteiger partial charge is 0.477 e. The number of aromatic carboxylic acids is 1. The maximum atomic E-state index is 12.7. The van der Waals surface area contributed by atoms with Crippen molar-refractivity contribution in [3.63, 3.8) is 0 Å². The van der Waals surface area contributed by atoms with Crippen molar-refractivity contribution in [2.24, 2.45) is 0 Å². The summed E-state index contributed by atoms with van der Waals surface area (Å²) in [4.78, 5) is 16.6. The SMILES string of the molecule is Cc1ccccc1S(=O)(=O)Cc1cc(-c2nccs2)sc1C(=O)O. The molecule has 3 rings (SSSR count). The molecule has 124 valence electrons. The molecule has 24 heavy (non-hydrogen) atoms. The normalized spacial score (nSPS) is 11.5. The van der Waals surface area contributed by atoms with E-state index in [9.17, 15) is 18.3 Å². The number of aryl methyl sites for hydroxylation is 1. The Bertz CT molecular complexity index is 988. The molecule has 0 spiro atoms. The second-order valence-corrected chi connectivity index (χ2v) is 9.04. The molecule has 0 aliphatic carbocycles. The van der Waals surface area contributed by atoms with Gasteiger partial charge < -0.3 is 5.11 Å². The molecule has 5 nitrogen and oxygen atoms in total. The van der Waals surface area contributed by atoms with Gasteiger partial charge in [0.15, 0.2) is 9.84 Å². The van der Waals surface area contributed by atoms with E-state index in [1.807, 2.05) is 0 Å². The second kappa shape index (κ2) is 6.46. The number of sulfone groups is 1. The topological polar surface area (TPSA) is 84.3 Å². The molecule has 3 aromatic rings. The maximum absolute atomic E-state index is 12.7. The van der Waals surface area contributed by atoms with Crippen LogP contribution in [-0.2, 0) is 15.6 Å². The van der Waals surface area contributed by atoms with E-state index >= 15 is 0 Å². The number of thiophene rings is 1. The molecule has 0 unspecified atom stereocenters. The van der Waals surface area contributed by atoms with Gasteiger partial charge in [0.2, 0.25) is 0 Å². The first-order valence-corrected chi connectivity index (χ1v) is 10.3. The Morgan fingerprint density at radius 2 is 2.04 bits per heavy atom. The zero-order chi connectivity index (χ0) is 17.3. The lowest BCUT2D eigenvalue weighted by molar-refractivity contribution is 0.0701. The first kappa shape index (κ1) is 16.8. The first-order chi connectivity index (χ1) is 11.4. The maximum Gasteiger partial charge on any atom is 0.346 e. The van der Waals surface area contributed by atoms with Crippen LogP contribution in [0.3, 0.4) is 0 Å². The summed E-state index contributed by atoms with van der Waals surface area (Å²) in [5.74, 6) is -1.47. The van der Waals surface area contributed by atoms with Crippen LogP contribution in [0.4, 0.5) is 0 Å². The lowest BCUT2D eigenvalue weighted by atomic mass is 10.2. The average Bonchev–Trinajstić information content (AvgIpc) is 3.16. The predicted molar refractivity (Wildman–Crippen MR) is 94.5 cm³/mol. The molecular formula is C16H13NO4S3. The number of thiazole rings is 1. The van der Waals surface area contributed by atoms with Gasteiger partial charge in [0.25, 0.3) is 0 Å². The van der Waals surface area contributed by atoms with E-state index in [4.69, 9.17) is 0 Å². The van der Waals surface area contributed by atoms with Gasteiger partial charge in [-0.2, -0.15) is 0 Å². The van der Waals surface area contributed by atoms with E-state index in [2.05, 4.69) is 4.98 Å². The third-order valence-corrected chi connectivity index (χ3v) is 7.35. The molecule has 1 N–H and O–H groups in total. The van der Waals surface area contributed by atoms with Gasteiger partial charge in [-0.1, -0.05) is 18.2 Å². The second-order valence-electron chi connectivity index (χ2n) is 5.13. The van der Waals surface area contributed by atoms with Gasteiger partial charge in [-0.15, -0.1) is 22.7 Å². The molecule has 0 fully saturated rings. The molecule has 0 saturated heterocycles. The molecule has 0 aliphatic rings. The zero-order valence-electron chi connectivity index (χ0n) is 12.6. The van der Waals surface area contributed by atoms with E-state index < -0.39 is 15.8 Å². The monoisotopic (exact) mass is 379 g/mol. The van der Waals surface area contributed by atoms with Crippen LogP contribution < -0.4 is 0 Å². The van der Waals surface area contributed by atoms with E-state index in [1.165, 1.54) is 11.3 Å². The number of rotatable bonds is 5. The quantitative estimate of drug-likeness (QED) is 0.728. The third kappa shape index (κ3) is 3.26. The van der Waals surface area contributed by atoms with Gasteiger partial charge >= 0.3 is 5.97 Å². The minimum atomic E-state index is -3.63. The molecule has 0 bridgehead atoms. The Labute approximate surface area is 147 Å². The highest BCUT2D eigenvalue weighted by Crippen LogP contribution is 2.34. The van der Waals surface area contributed by atoms with Crippen molar-refractivity contribution in [3.8, 4) is 9.88 Å². The van der Waals surface area contributed by atoms with Crippen LogP contribution >= 0.6 is 22.7 Å². The zero-order valence-corrected chi connectivity index (χ0v) is 15.0. The van der Waals surface area contributed by atoms with Crippen molar-refractivity contribution in [2.75, 3.05) is 0 Å². The highest BCUT2D eigenvalue weighted by atomic mass is 32.2. The standard InChI is InChI=1S/C16H13NO4S3/c1-10-4-2-3-5-13(10)24(20,21)9-11-8-12(15-17-6-7-22-15)23-14(11)16(18)19/h2-8H,9H2,1H3,(H,18,19). The fraction of sp³-hybridized carbons (Fsp3) is 0.125. The molecule has 0 radical (unpaired) electrons. The van der Waals surface area contributed by atoms with Crippen LogP contribution in [-0.4, -0.2) is 24.5 Å². The van der Waals surface area contributed by atoms with E-state index in [1.54, 1.807) is 48.8 Å². The van der Waals surface area contributed by atoms with Crippen molar-refractivity contribution in [3.05, 3.63) is 57.9 Å². The first-order valence-electron chi connectivity index (χ1n) is 6.93. The number of hydrogen-bond acceptors (Lipinski definition) is 6. The number of hydrogen-bond donors (Lipinski definition) is 1. The molecule has 1 aromatic carbocycles. The molecule has 2 heterocycles. The van der Waals surface area contributed by atoms with Gasteiger partial charge in [0, 0.05) is 11.6 Å². The Balaban J connectivity index is 2.03. The van der Waals surface area contributed by atoms with Crippen LogP contribution in [0.5, 0.6) is 0 Å². The van der Waals surface area contributed by atoms with Crippen molar-refractivity contribution in [1.82, 2.24) is 4.98 Å². The number of benzene rings is 1. The van der Waals surface area contributed by atoms with Crippen LogP contribution in [0.1, 0.15) is 20.8 Å². The predicted octanol–water partition coefficient (Wildman–Crippen LogP) is 3.85. The summed E-state index contributed by atoms with van der Waals surface area (Å²) >= 11 is 2.43. The van der Waals surface area contributed by atoms with Crippen molar-refractivity contribution < 1.29 is 18.3 Å². The average molecular weight is 379 g/mol. The smallest absolute Gasteiger partial charge is 0.346 e. The number of carboxylic acids is 1. The molecule has 0 aliphatic heterocycles. The van der Waals surface area contributed by atoms with Crippen LogP contribution in [0, 0.1) is 6.92 Å². The Morgan fingerprint density at radius 1 is 1.29 bits per heavy atom. The van der Waals surface area contributed by atoms with Crippen molar-refractivity contribution >= 4 is 38.5 Å². The van der Waals surface area contributed by atoms with Crippen LogP contribution in [0.25, 0.3) is 9.88 Å². The van der Waals surface area contributed by atoms with Gasteiger partial charge in [-0.3, -0.25) is 0 Å². The molecular weight excluding hydrogens is 366 g/mol. The minimum Gasteiger partial charge on any atom is -0.477 e. The van der Waals surface area contributed by atoms with E-state index in [-0.39, 0.29) is 15.5 Å². The summed E-state index contributed by atoms with van der Waals surface area (Å²) in [5.41, 5.74) is 0.936. The van der Waals surface area contributed by atoms with Crippen LogP contribution in [0.2, 0.25) is 0 Å². The van der Waals surface area contributed by atoms with E-state index in [0.717, 1.165) is 11.3 Å². The summed E-state index contributed by atoms with van der Waals surface area (Å²) in [6.07, 6.45) is 1.63. The van der Waals surface area contributed by atoms with Crippen LogP contribution in [0.15, 0.2) is 46.8 Å². The Hall–Kier alpha value is -2.03. The summed E-state index contributed by atoms with van der Waals surface area (Å²) < 4.78 is 25.4. The van der Waals surface area contributed by atoms with Crippen molar-refractivity contribution in [1.29, 1.82) is 0 Å². The summed E-state index contributed by atoms with van der Waals surface area (Å²) in [7, 11) is -3.63. The number of carbonyl (C=O) groups is 1. The highest BCUT2D eigenvalue weighted by molar-refractivity contribution is 7.90. The molecule has 8 heteroatoms. The fourth-order valence-corrected chi connectivity index (χ4v) is 5.81. The van der Waals surface area contributed by atoms with Gasteiger partial charge in [-0.25, -0.2) is 18.2 Å². The lowest BCUT2D eigenvalue weighted by Gasteiger charge is -2.07. The number of nitrogens with zero attached hydrogens (tertiary/aromatic N) is 1. The molecule has 2 aromatic heterocycles. The molecule has 0 saturated carbocycles. The third-order valence-electron chi connectivity index (χ3n) is 3.42. The summed E-state index contributed by atoms with van der Waals surface area (Å²) in [6.45, 7) is 1.72. The summed E-state index contributed by atoms with van der Waals surface area (Å²) in [5, 5.41) is 11.9. The molecule has 0 atom stereocenters. The van der Waals surface area contributed by atoms with E-state index in [0.29, 0.717) is 21.0 Å². The number of carboxylic acid groups (broad SMARTS) is 1. The minimum absolute atomic E-state index is 0.0392. The lowest BCUT2D eigenvalue weighted by Crippen LogP contribution is -2.08. The fourth-order valence-electron chi connectivity index (χ4n) is 2.36. The summed E-state index contributed by atoms with van der Waals surface area (Å²) in [6, 6.07) is 8.30. The highest BCUT2D eigenvalue weighted by Gasteiger charge is 2.24. The van der Waals surface area contributed by atoms with Crippen molar-refractivity contribution in [2.45, 2.75) is 17.6 Å². The van der Waals surface area contributed by atoms with Gasteiger partial charge in [0.1, 0.15) is 9.88 Å². The number of aromatic nitrogens is 1. The van der Waals surface area contributed by atoms with Gasteiger partial charge in [-0.05, 0) is 30.2 Å². The Kier molecular flexibility index (Phi) is 4.53. The van der Waals surface area contributed by atoms with Gasteiger partial charge in [0.05, 0.1) is 15.5 Å².